The Kier molecular flexibility index (Phi) is 2.87. The lowest BCUT2D eigenvalue weighted by atomic mass is 9.71. The molecule has 1 atom stereocenters. The van der Waals surface area contributed by atoms with Gasteiger partial charge < -0.3 is 4.74 Å². The molecule has 0 N–H and O–H groups in total. The van der Waals surface area contributed by atoms with Crippen LogP contribution in [0.2, 0.25) is 0 Å². The second kappa shape index (κ2) is 4.04. The van der Waals surface area contributed by atoms with Crippen LogP contribution in [-0.2, 0) is 14.3 Å². The zero-order chi connectivity index (χ0) is 11.8. The van der Waals surface area contributed by atoms with Gasteiger partial charge in [0.1, 0.15) is 5.78 Å². The van der Waals surface area contributed by atoms with Crippen molar-refractivity contribution in [1.29, 1.82) is 0 Å². The minimum atomic E-state index is -0.361. The van der Waals surface area contributed by atoms with Gasteiger partial charge in [-0.3, -0.25) is 4.79 Å². The van der Waals surface area contributed by atoms with E-state index in [2.05, 4.69) is 0 Å². The Bertz CT molecular complexity index is 367. The van der Waals surface area contributed by atoms with E-state index in [1.165, 1.54) is 0 Å². The van der Waals surface area contributed by atoms with Crippen LogP contribution in [0.15, 0.2) is 11.1 Å². The van der Waals surface area contributed by atoms with Gasteiger partial charge in [-0.1, -0.05) is 0 Å². The summed E-state index contributed by atoms with van der Waals surface area (Å²) in [5.41, 5.74) is 1.47. The third-order valence-corrected chi connectivity index (χ3v) is 3.87. The van der Waals surface area contributed by atoms with Crippen LogP contribution in [0, 0.1) is 5.41 Å². The Balaban J connectivity index is 2.32. The number of ether oxygens (including phenoxy) is 1. The van der Waals surface area contributed by atoms with Crippen LogP contribution in [0.1, 0.15) is 46.0 Å². The highest BCUT2D eigenvalue weighted by Crippen LogP contribution is 2.49. The van der Waals surface area contributed by atoms with Crippen LogP contribution in [0.3, 0.4) is 0 Å². The molecule has 0 bridgehead atoms. The molecule has 0 heterocycles. The van der Waals surface area contributed by atoms with Crippen molar-refractivity contribution in [3.63, 3.8) is 0 Å². The molecule has 1 unspecified atom stereocenters. The van der Waals surface area contributed by atoms with Gasteiger partial charge in [-0.25, -0.2) is 4.79 Å². The molecule has 0 aliphatic heterocycles. The smallest absolute Gasteiger partial charge is 0.333 e. The fraction of sp³-hybridized carbons (Fsp3) is 0.692. The van der Waals surface area contributed by atoms with E-state index in [0.29, 0.717) is 25.2 Å². The van der Waals surface area contributed by atoms with Crippen molar-refractivity contribution >= 4 is 11.8 Å². The summed E-state index contributed by atoms with van der Waals surface area (Å²) < 4.78 is 5.05. The zero-order valence-corrected chi connectivity index (χ0v) is 9.97. The molecule has 0 radical (unpaired) electrons. The van der Waals surface area contributed by atoms with Gasteiger partial charge in [0, 0.05) is 17.4 Å². The molecular weight excluding hydrogens is 204 g/mol. The standard InChI is InChI=1S/C13H18O3/c1-3-16-12(15)9-7-8-13(2)10(9)5-4-6-11(13)14/h3-8H2,1-2H3. The molecule has 2 aliphatic rings. The minimum Gasteiger partial charge on any atom is -0.463 e. The zero-order valence-electron chi connectivity index (χ0n) is 9.97. The summed E-state index contributed by atoms with van der Waals surface area (Å²) in [6.07, 6.45) is 3.92. The third kappa shape index (κ3) is 1.58. The number of esters is 1. The van der Waals surface area contributed by atoms with Crippen molar-refractivity contribution in [1.82, 2.24) is 0 Å². The summed E-state index contributed by atoms with van der Waals surface area (Å²) >= 11 is 0. The average molecular weight is 222 g/mol. The van der Waals surface area contributed by atoms with Crippen molar-refractivity contribution < 1.29 is 14.3 Å². The van der Waals surface area contributed by atoms with Gasteiger partial charge in [0.25, 0.3) is 0 Å². The van der Waals surface area contributed by atoms with Crippen LogP contribution < -0.4 is 0 Å². The Morgan fingerprint density at radius 3 is 2.81 bits per heavy atom. The molecule has 2 rings (SSSR count). The van der Waals surface area contributed by atoms with E-state index >= 15 is 0 Å². The lowest BCUT2D eigenvalue weighted by Crippen LogP contribution is -2.31. The van der Waals surface area contributed by atoms with Crippen LogP contribution in [-0.4, -0.2) is 18.4 Å². The molecule has 3 heteroatoms. The highest BCUT2D eigenvalue weighted by molar-refractivity contribution is 5.96. The van der Waals surface area contributed by atoms with Crippen LogP contribution in [0.25, 0.3) is 0 Å². The van der Waals surface area contributed by atoms with E-state index < -0.39 is 0 Å². The first-order valence-corrected chi connectivity index (χ1v) is 6.02. The number of rotatable bonds is 2. The molecule has 0 amide bonds. The minimum absolute atomic E-state index is 0.212. The van der Waals surface area contributed by atoms with Gasteiger partial charge in [0.15, 0.2) is 0 Å². The number of fused-ring (bicyclic) bond motifs is 1. The van der Waals surface area contributed by atoms with Gasteiger partial charge in [0.2, 0.25) is 0 Å². The first-order valence-electron chi connectivity index (χ1n) is 6.02. The first-order chi connectivity index (χ1) is 7.59. The Hall–Kier alpha value is -1.12. The Morgan fingerprint density at radius 2 is 2.12 bits per heavy atom. The molecule has 88 valence electrons. The summed E-state index contributed by atoms with van der Waals surface area (Å²) in [5, 5.41) is 0. The lowest BCUT2D eigenvalue weighted by Gasteiger charge is -2.31. The quantitative estimate of drug-likeness (QED) is 0.674. The molecule has 3 nitrogen and oxygen atoms in total. The van der Waals surface area contributed by atoms with E-state index in [4.69, 9.17) is 4.74 Å². The van der Waals surface area contributed by atoms with Crippen molar-refractivity contribution in [2.75, 3.05) is 6.61 Å². The number of ketones is 1. The normalized spacial score (nSPS) is 29.2. The molecule has 1 saturated carbocycles. The summed E-state index contributed by atoms with van der Waals surface area (Å²) in [7, 11) is 0. The highest BCUT2D eigenvalue weighted by Gasteiger charge is 2.45. The van der Waals surface area contributed by atoms with E-state index in [-0.39, 0.29) is 11.4 Å². The predicted molar refractivity (Wildman–Crippen MR) is 59.9 cm³/mol. The Labute approximate surface area is 95.9 Å². The summed E-state index contributed by atoms with van der Waals surface area (Å²) in [5.74, 6) is 0.0870. The fourth-order valence-corrected chi connectivity index (χ4v) is 2.89. The van der Waals surface area contributed by atoms with Gasteiger partial charge in [-0.15, -0.1) is 0 Å². The van der Waals surface area contributed by atoms with Crippen molar-refractivity contribution in [2.45, 2.75) is 46.0 Å². The summed E-state index contributed by atoms with van der Waals surface area (Å²) in [6.45, 7) is 4.19. The van der Waals surface area contributed by atoms with Crippen molar-refractivity contribution in [3.05, 3.63) is 11.1 Å². The maximum atomic E-state index is 11.9. The van der Waals surface area contributed by atoms with E-state index in [0.717, 1.165) is 30.4 Å². The fourth-order valence-electron chi connectivity index (χ4n) is 2.89. The first kappa shape index (κ1) is 11.4. The highest BCUT2D eigenvalue weighted by atomic mass is 16.5. The molecule has 0 aromatic carbocycles. The summed E-state index contributed by atoms with van der Waals surface area (Å²) in [6, 6.07) is 0. The second-order valence-electron chi connectivity index (χ2n) is 4.79. The predicted octanol–water partition coefficient (Wildman–Crippen LogP) is 2.40. The lowest BCUT2D eigenvalue weighted by molar-refractivity contribution is -0.138. The average Bonchev–Trinajstić information content (AvgIpc) is 2.59. The topological polar surface area (TPSA) is 43.4 Å². The largest absolute Gasteiger partial charge is 0.463 e. The molecule has 0 saturated heterocycles. The number of Topliss-reactive ketones (excluding diaryl/α,β-unsaturated/α-hetero) is 1. The van der Waals surface area contributed by atoms with E-state index in [9.17, 15) is 9.59 Å². The maximum Gasteiger partial charge on any atom is 0.333 e. The number of carbonyl (C=O) groups excluding carboxylic acids is 2. The van der Waals surface area contributed by atoms with E-state index in [1.54, 1.807) is 0 Å². The van der Waals surface area contributed by atoms with Gasteiger partial charge in [-0.05, 0) is 45.1 Å². The number of allylic oxidation sites excluding steroid dienone is 1. The van der Waals surface area contributed by atoms with Gasteiger partial charge in [-0.2, -0.15) is 0 Å². The number of hydrogen-bond acceptors (Lipinski definition) is 3. The third-order valence-electron chi connectivity index (χ3n) is 3.87. The number of carbonyl (C=O) groups is 2. The monoisotopic (exact) mass is 222 g/mol. The van der Waals surface area contributed by atoms with Crippen LogP contribution in [0.4, 0.5) is 0 Å². The molecule has 0 aromatic rings. The molecule has 0 spiro atoms. The molecular formula is C13H18O3. The van der Waals surface area contributed by atoms with Crippen LogP contribution in [0.5, 0.6) is 0 Å². The molecule has 1 fully saturated rings. The second-order valence-corrected chi connectivity index (χ2v) is 4.79. The molecule has 2 aliphatic carbocycles. The van der Waals surface area contributed by atoms with Gasteiger partial charge >= 0.3 is 5.97 Å². The SMILES string of the molecule is CCOC(=O)C1=C2CCCC(=O)C2(C)CC1. The van der Waals surface area contributed by atoms with Crippen LogP contribution >= 0.6 is 0 Å². The number of hydrogen-bond donors (Lipinski definition) is 0. The molecule has 16 heavy (non-hydrogen) atoms. The summed E-state index contributed by atoms with van der Waals surface area (Å²) in [4.78, 5) is 23.7. The van der Waals surface area contributed by atoms with Crippen molar-refractivity contribution in [3.8, 4) is 0 Å². The van der Waals surface area contributed by atoms with Crippen molar-refractivity contribution in [2.24, 2.45) is 5.41 Å². The maximum absolute atomic E-state index is 11.9. The van der Waals surface area contributed by atoms with Gasteiger partial charge in [0.05, 0.1) is 6.61 Å². The molecule has 0 aromatic heterocycles. The Morgan fingerprint density at radius 1 is 1.38 bits per heavy atom. The van der Waals surface area contributed by atoms with E-state index in [1.807, 2.05) is 13.8 Å².